The molecule has 2 unspecified atom stereocenters. The summed E-state index contributed by atoms with van der Waals surface area (Å²) in [6.07, 6.45) is -3.88. The number of rotatable bonds is 1. The molecule has 0 aromatic heterocycles. The lowest BCUT2D eigenvalue weighted by molar-refractivity contribution is -0.137. The van der Waals surface area contributed by atoms with E-state index in [1.807, 2.05) is 0 Å². The van der Waals surface area contributed by atoms with Gasteiger partial charge in [0.1, 0.15) is 5.82 Å². The molecule has 1 aromatic carbocycles. The molecule has 0 radical (unpaired) electrons. The molecular weight excluding hydrogens is 210 g/mol. The zero-order chi connectivity index (χ0) is 11.2. The highest BCUT2D eigenvalue weighted by Crippen LogP contribution is 2.41. The van der Waals surface area contributed by atoms with Crippen LogP contribution in [0.3, 0.4) is 0 Å². The lowest BCUT2D eigenvalue weighted by Crippen LogP contribution is -2.07. The average Bonchev–Trinajstić information content (AvgIpc) is 2.80. The van der Waals surface area contributed by atoms with E-state index in [0.717, 1.165) is 12.1 Å². The Labute approximate surface area is 83.9 Å². The molecule has 0 aliphatic heterocycles. The highest BCUT2D eigenvalue weighted by molar-refractivity contribution is 5.33. The van der Waals surface area contributed by atoms with Crippen LogP contribution in [-0.2, 0) is 6.18 Å². The fraction of sp³-hybridized carbons (Fsp3) is 0.400. The molecule has 1 nitrogen and oxygen atoms in total. The van der Waals surface area contributed by atoms with Gasteiger partial charge >= 0.3 is 6.18 Å². The van der Waals surface area contributed by atoms with Crippen LogP contribution in [0.2, 0.25) is 0 Å². The summed E-state index contributed by atoms with van der Waals surface area (Å²) in [4.78, 5) is 0. The third-order valence-corrected chi connectivity index (χ3v) is 2.52. The van der Waals surface area contributed by atoms with E-state index < -0.39 is 17.6 Å². The summed E-state index contributed by atoms with van der Waals surface area (Å²) in [5.41, 5.74) is 4.90. The molecular formula is C10H9F4N. The van der Waals surface area contributed by atoms with E-state index in [-0.39, 0.29) is 12.0 Å². The first-order valence-electron chi connectivity index (χ1n) is 4.51. The van der Waals surface area contributed by atoms with Crippen LogP contribution in [0.1, 0.15) is 23.5 Å². The Bertz CT molecular complexity index is 385. The van der Waals surface area contributed by atoms with E-state index in [2.05, 4.69) is 0 Å². The van der Waals surface area contributed by atoms with Gasteiger partial charge in [-0.3, -0.25) is 0 Å². The van der Waals surface area contributed by atoms with Gasteiger partial charge in [0, 0.05) is 12.0 Å². The molecule has 1 aromatic rings. The van der Waals surface area contributed by atoms with Gasteiger partial charge in [-0.1, -0.05) is 0 Å². The van der Waals surface area contributed by atoms with Crippen LogP contribution in [0, 0.1) is 5.82 Å². The molecule has 2 atom stereocenters. The topological polar surface area (TPSA) is 26.0 Å². The molecule has 1 fully saturated rings. The van der Waals surface area contributed by atoms with Crippen LogP contribution in [-0.4, -0.2) is 6.04 Å². The summed E-state index contributed by atoms with van der Waals surface area (Å²) in [7, 11) is 0. The van der Waals surface area contributed by atoms with Crippen molar-refractivity contribution in [3.05, 3.63) is 35.1 Å². The molecule has 2 N–H and O–H groups in total. The quantitative estimate of drug-likeness (QED) is 0.722. The van der Waals surface area contributed by atoms with Crippen molar-refractivity contribution in [2.75, 3.05) is 0 Å². The van der Waals surface area contributed by atoms with Crippen LogP contribution in [0.15, 0.2) is 18.2 Å². The highest BCUT2D eigenvalue weighted by Gasteiger charge is 2.38. The predicted octanol–water partition coefficient (Wildman–Crippen LogP) is 2.66. The van der Waals surface area contributed by atoms with Gasteiger partial charge in [-0.25, -0.2) is 4.39 Å². The van der Waals surface area contributed by atoms with Crippen LogP contribution in [0.5, 0.6) is 0 Å². The SMILES string of the molecule is NC1CC1c1cc(F)cc(C(F)(F)F)c1. The number of hydrogen-bond donors (Lipinski definition) is 1. The maximum Gasteiger partial charge on any atom is 0.416 e. The molecule has 15 heavy (non-hydrogen) atoms. The molecule has 0 bridgehead atoms. The van der Waals surface area contributed by atoms with Gasteiger partial charge < -0.3 is 5.73 Å². The number of benzene rings is 1. The minimum absolute atomic E-state index is 0.123. The minimum atomic E-state index is -4.50. The van der Waals surface area contributed by atoms with Gasteiger partial charge in [-0.2, -0.15) is 13.2 Å². The maximum atomic E-state index is 12.9. The van der Waals surface area contributed by atoms with E-state index in [0.29, 0.717) is 18.1 Å². The predicted molar refractivity (Wildman–Crippen MR) is 46.7 cm³/mol. The smallest absolute Gasteiger partial charge is 0.327 e. The molecule has 1 aliphatic rings. The molecule has 0 spiro atoms. The number of nitrogens with two attached hydrogens (primary N) is 1. The Morgan fingerprint density at radius 2 is 1.80 bits per heavy atom. The largest absolute Gasteiger partial charge is 0.416 e. The molecule has 0 amide bonds. The third-order valence-electron chi connectivity index (χ3n) is 2.52. The second-order valence-electron chi connectivity index (χ2n) is 3.78. The normalized spacial score (nSPS) is 25.4. The summed E-state index contributed by atoms with van der Waals surface area (Å²) in [5, 5.41) is 0. The van der Waals surface area contributed by atoms with Crippen LogP contribution in [0.25, 0.3) is 0 Å². The highest BCUT2D eigenvalue weighted by atomic mass is 19.4. The fourth-order valence-electron chi connectivity index (χ4n) is 1.59. The van der Waals surface area contributed by atoms with E-state index in [1.165, 1.54) is 0 Å². The monoisotopic (exact) mass is 219 g/mol. The van der Waals surface area contributed by atoms with Crippen molar-refractivity contribution in [2.45, 2.75) is 24.6 Å². The minimum Gasteiger partial charge on any atom is -0.327 e. The van der Waals surface area contributed by atoms with E-state index in [4.69, 9.17) is 5.73 Å². The zero-order valence-electron chi connectivity index (χ0n) is 7.68. The van der Waals surface area contributed by atoms with Crippen molar-refractivity contribution in [2.24, 2.45) is 5.73 Å². The summed E-state index contributed by atoms with van der Waals surface area (Å²) in [6, 6.07) is 2.46. The molecule has 1 aliphatic carbocycles. The second kappa shape index (κ2) is 3.20. The van der Waals surface area contributed by atoms with Gasteiger partial charge in [-0.15, -0.1) is 0 Å². The lowest BCUT2D eigenvalue weighted by Gasteiger charge is -2.08. The summed E-state index contributed by atoms with van der Waals surface area (Å²) >= 11 is 0. The molecule has 82 valence electrons. The van der Waals surface area contributed by atoms with Crippen molar-refractivity contribution in [3.63, 3.8) is 0 Å². The Morgan fingerprint density at radius 1 is 1.20 bits per heavy atom. The summed E-state index contributed by atoms with van der Waals surface area (Å²) in [5.74, 6) is -0.985. The summed E-state index contributed by atoms with van der Waals surface area (Å²) < 4.78 is 49.9. The summed E-state index contributed by atoms with van der Waals surface area (Å²) in [6.45, 7) is 0. The molecule has 1 saturated carbocycles. The number of halogens is 4. The van der Waals surface area contributed by atoms with Crippen molar-refractivity contribution in [3.8, 4) is 0 Å². The lowest BCUT2D eigenvalue weighted by atomic mass is 10.1. The van der Waals surface area contributed by atoms with Gasteiger partial charge in [0.2, 0.25) is 0 Å². The van der Waals surface area contributed by atoms with E-state index >= 15 is 0 Å². The molecule has 5 heteroatoms. The van der Waals surface area contributed by atoms with Crippen molar-refractivity contribution in [1.82, 2.24) is 0 Å². The van der Waals surface area contributed by atoms with Gasteiger partial charge in [-0.05, 0) is 30.2 Å². The zero-order valence-corrected chi connectivity index (χ0v) is 7.68. The standard InChI is InChI=1S/C10H9F4N/c11-7-2-5(8-4-9(8)15)1-6(3-7)10(12,13)14/h1-3,8-9H,4,15H2. The van der Waals surface area contributed by atoms with Crippen molar-refractivity contribution in [1.29, 1.82) is 0 Å². The van der Waals surface area contributed by atoms with Gasteiger partial charge in [0.05, 0.1) is 5.56 Å². The van der Waals surface area contributed by atoms with Gasteiger partial charge in [0.25, 0.3) is 0 Å². The van der Waals surface area contributed by atoms with Crippen LogP contribution < -0.4 is 5.73 Å². The Hall–Kier alpha value is -1.10. The first-order valence-corrected chi connectivity index (χ1v) is 4.51. The molecule has 0 saturated heterocycles. The average molecular weight is 219 g/mol. The number of alkyl halides is 3. The van der Waals surface area contributed by atoms with E-state index in [9.17, 15) is 17.6 Å². The Kier molecular flexibility index (Phi) is 2.22. The van der Waals surface area contributed by atoms with E-state index in [1.54, 1.807) is 0 Å². The first-order chi connectivity index (χ1) is 6.88. The second-order valence-corrected chi connectivity index (χ2v) is 3.78. The Balaban J connectivity index is 2.37. The van der Waals surface area contributed by atoms with Crippen LogP contribution >= 0.6 is 0 Å². The van der Waals surface area contributed by atoms with Gasteiger partial charge in [0.15, 0.2) is 0 Å². The molecule has 2 rings (SSSR count). The van der Waals surface area contributed by atoms with Crippen molar-refractivity contribution < 1.29 is 17.6 Å². The maximum absolute atomic E-state index is 12.9. The van der Waals surface area contributed by atoms with Crippen molar-refractivity contribution >= 4 is 0 Å². The molecule has 0 heterocycles. The van der Waals surface area contributed by atoms with Crippen LogP contribution in [0.4, 0.5) is 17.6 Å². The first kappa shape index (κ1) is 10.4. The Morgan fingerprint density at radius 3 is 2.27 bits per heavy atom. The number of hydrogen-bond acceptors (Lipinski definition) is 1. The third kappa shape index (κ3) is 2.12. The fourth-order valence-corrected chi connectivity index (χ4v) is 1.59.